The maximum absolute atomic E-state index is 12.8. The van der Waals surface area contributed by atoms with E-state index in [0.717, 1.165) is 39.2 Å². The molecule has 1 aromatic heterocycles. The molecule has 8 heteroatoms. The van der Waals surface area contributed by atoms with Gasteiger partial charge in [-0.05, 0) is 49.7 Å². The Hall–Kier alpha value is -3.71. The number of carbonyl (C=O) groups is 1. The summed E-state index contributed by atoms with van der Waals surface area (Å²) in [7, 11) is 7.11. The number of benzene rings is 3. The Bertz CT molecular complexity index is 1380. The smallest absolute Gasteiger partial charge is 0.242 e. The molecule has 0 unspecified atom stereocenters. The zero-order valence-corrected chi connectivity index (χ0v) is 21.6. The zero-order valence-electron chi connectivity index (χ0n) is 20.9. The maximum Gasteiger partial charge on any atom is 0.242 e. The third-order valence-corrected chi connectivity index (χ3v) is 6.24. The number of ether oxygens (including phenoxy) is 1. The molecular weight excluding hydrogens is 462 g/mol. The molecule has 1 N–H and O–H groups in total. The van der Waals surface area contributed by atoms with Crippen molar-refractivity contribution in [2.75, 3.05) is 38.0 Å². The third kappa shape index (κ3) is 4.91. The van der Waals surface area contributed by atoms with Crippen molar-refractivity contribution >= 4 is 51.6 Å². The first-order chi connectivity index (χ1) is 16.7. The van der Waals surface area contributed by atoms with E-state index in [1.165, 1.54) is 0 Å². The Morgan fingerprint density at radius 3 is 2.49 bits per heavy atom. The first-order valence-electron chi connectivity index (χ1n) is 11.3. The van der Waals surface area contributed by atoms with Gasteiger partial charge in [0.1, 0.15) is 12.3 Å². The van der Waals surface area contributed by atoms with Gasteiger partial charge in [0, 0.05) is 37.9 Å². The number of anilines is 4. The number of nitrogens with zero attached hydrogens (tertiary/aromatic N) is 4. The Kier molecular flexibility index (Phi) is 6.89. The average molecular weight is 492 g/mol. The number of hydrogen-bond acceptors (Lipinski definition) is 5. The molecular formula is C27H30ClN5O2. The Morgan fingerprint density at radius 1 is 1.11 bits per heavy atom. The van der Waals surface area contributed by atoms with Crippen molar-refractivity contribution in [1.29, 1.82) is 0 Å². The van der Waals surface area contributed by atoms with Crippen LogP contribution in [-0.2, 0) is 11.8 Å². The van der Waals surface area contributed by atoms with Crippen molar-refractivity contribution in [3.05, 3.63) is 70.7 Å². The van der Waals surface area contributed by atoms with Crippen molar-refractivity contribution in [1.82, 2.24) is 14.5 Å². The lowest BCUT2D eigenvalue weighted by Gasteiger charge is -2.27. The van der Waals surface area contributed by atoms with E-state index in [0.29, 0.717) is 16.7 Å². The molecule has 3 aromatic carbocycles. The summed E-state index contributed by atoms with van der Waals surface area (Å²) in [4.78, 5) is 21.3. The molecule has 0 atom stereocenters. The van der Waals surface area contributed by atoms with Crippen LogP contribution in [0.15, 0.2) is 54.6 Å². The summed E-state index contributed by atoms with van der Waals surface area (Å²) in [6.45, 7) is 4.22. The van der Waals surface area contributed by atoms with E-state index < -0.39 is 0 Å². The van der Waals surface area contributed by atoms with Gasteiger partial charge in [-0.15, -0.1) is 0 Å². The normalized spacial score (nSPS) is 10.9. The number of likely N-dealkylation sites (N-methyl/N-ethyl adjacent to an activating group) is 1. The van der Waals surface area contributed by atoms with Crippen molar-refractivity contribution in [2.24, 2.45) is 7.05 Å². The van der Waals surface area contributed by atoms with Crippen molar-refractivity contribution in [3.8, 4) is 5.75 Å². The molecule has 7 nitrogen and oxygen atoms in total. The van der Waals surface area contributed by atoms with E-state index in [4.69, 9.17) is 21.3 Å². The standard InChI is InChI=1S/C27H30ClN5O2/c1-17-10-12-20(13-11-17)33(16-24(34)31(3)4)22-9-7-8-21-26(22)32(5)27(29-21)30-25-18(2)14-19(28)15-23(25)35-6/h7-15H,16H2,1-6H3,(H,29,30). The highest BCUT2D eigenvalue weighted by Gasteiger charge is 2.21. The summed E-state index contributed by atoms with van der Waals surface area (Å²) in [6, 6.07) is 17.8. The highest BCUT2D eigenvalue weighted by molar-refractivity contribution is 6.31. The fourth-order valence-corrected chi connectivity index (χ4v) is 4.30. The monoisotopic (exact) mass is 491 g/mol. The van der Waals surface area contributed by atoms with Crippen LogP contribution in [0.4, 0.5) is 23.0 Å². The van der Waals surface area contributed by atoms with Gasteiger partial charge in [0.25, 0.3) is 0 Å². The van der Waals surface area contributed by atoms with Crippen LogP contribution in [-0.4, -0.2) is 48.1 Å². The van der Waals surface area contributed by atoms with E-state index in [1.807, 2.05) is 66.8 Å². The second kappa shape index (κ2) is 9.88. The lowest BCUT2D eigenvalue weighted by molar-refractivity contribution is -0.127. The summed E-state index contributed by atoms with van der Waals surface area (Å²) in [6.07, 6.45) is 0. The summed E-state index contributed by atoms with van der Waals surface area (Å²) in [5.41, 5.74) is 6.45. The fraction of sp³-hybridized carbons (Fsp3) is 0.259. The van der Waals surface area contributed by atoms with Gasteiger partial charge in [-0.1, -0.05) is 35.4 Å². The van der Waals surface area contributed by atoms with Gasteiger partial charge in [0.15, 0.2) is 0 Å². The minimum Gasteiger partial charge on any atom is -0.495 e. The largest absolute Gasteiger partial charge is 0.495 e. The van der Waals surface area contributed by atoms with Gasteiger partial charge in [0.05, 0.1) is 29.5 Å². The second-order valence-corrected chi connectivity index (χ2v) is 9.21. The summed E-state index contributed by atoms with van der Waals surface area (Å²) < 4.78 is 7.55. The number of nitrogens with one attached hydrogen (secondary N) is 1. The van der Waals surface area contributed by atoms with Gasteiger partial charge in [0.2, 0.25) is 11.9 Å². The highest BCUT2D eigenvalue weighted by atomic mass is 35.5. The van der Waals surface area contributed by atoms with Gasteiger partial charge < -0.3 is 24.4 Å². The molecule has 0 aliphatic rings. The number of amides is 1. The topological polar surface area (TPSA) is 62.6 Å². The first kappa shape index (κ1) is 24.4. The van der Waals surface area contributed by atoms with Gasteiger partial charge in [-0.25, -0.2) is 4.98 Å². The SMILES string of the molecule is COc1cc(Cl)cc(C)c1Nc1nc2cccc(N(CC(=O)N(C)C)c3ccc(C)cc3)c2n1C. The van der Waals surface area contributed by atoms with E-state index in [1.54, 1.807) is 32.2 Å². The van der Waals surface area contributed by atoms with E-state index in [2.05, 4.69) is 17.4 Å². The lowest BCUT2D eigenvalue weighted by atomic mass is 10.1. The minimum absolute atomic E-state index is 0.00428. The fourth-order valence-electron chi connectivity index (χ4n) is 4.04. The van der Waals surface area contributed by atoms with Gasteiger partial charge >= 0.3 is 0 Å². The summed E-state index contributed by atoms with van der Waals surface area (Å²) in [5.74, 6) is 1.30. The third-order valence-electron chi connectivity index (χ3n) is 6.02. The Balaban J connectivity index is 1.84. The number of imidazole rings is 1. The van der Waals surface area contributed by atoms with Crippen LogP contribution < -0.4 is 15.0 Å². The van der Waals surface area contributed by atoms with Crippen LogP contribution in [0.25, 0.3) is 11.0 Å². The molecule has 0 saturated heterocycles. The highest BCUT2D eigenvalue weighted by Crippen LogP contribution is 2.37. The number of rotatable bonds is 7. The van der Waals surface area contributed by atoms with Crippen LogP contribution >= 0.6 is 11.6 Å². The van der Waals surface area contributed by atoms with E-state index >= 15 is 0 Å². The van der Waals surface area contributed by atoms with Crippen molar-refractivity contribution in [3.63, 3.8) is 0 Å². The number of methoxy groups -OCH3 is 1. The molecule has 0 saturated carbocycles. The maximum atomic E-state index is 12.8. The van der Waals surface area contributed by atoms with E-state index in [9.17, 15) is 4.79 Å². The molecule has 4 rings (SSSR count). The van der Waals surface area contributed by atoms with Crippen molar-refractivity contribution < 1.29 is 9.53 Å². The molecule has 0 fully saturated rings. The molecule has 4 aromatic rings. The van der Waals surface area contributed by atoms with Gasteiger partial charge in [-0.3, -0.25) is 4.79 Å². The van der Waals surface area contributed by atoms with Crippen LogP contribution in [0, 0.1) is 13.8 Å². The number of aromatic nitrogens is 2. The Labute approximate surface area is 210 Å². The number of halogens is 1. The first-order valence-corrected chi connectivity index (χ1v) is 11.7. The number of aryl methyl sites for hydroxylation is 3. The number of fused-ring (bicyclic) bond motifs is 1. The summed E-state index contributed by atoms with van der Waals surface area (Å²) >= 11 is 6.22. The predicted octanol–water partition coefficient (Wildman–Crippen LogP) is 5.82. The molecule has 1 amide bonds. The quantitative estimate of drug-likeness (QED) is 0.353. The van der Waals surface area contributed by atoms with Crippen LogP contribution in [0.1, 0.15) is 11.1 Å². The minimum atomic E-state index is 0.00428. The predicted molar refractivity (Wildman–Crippen MR) is 144 cm³/mol. The lowest BCUT2D eigenvalue weighted by Crippen LogP contribution is -2.34. The Morgan fingerprint density at radius 2 is 1.83 bits per heavy atom. The van der Waals surface area contributed by atoms with Crippen LogP contribution in [0.3, 0.4) is 0 Å². The average Bonchev–Trinajstić information content (AvgIpc) is 3.15. The molecule has 1 heterocycles. The van der Waals surface area contributed by atoms with Gasteiger partial charge in [-0.2, -0.15) is 0 Å². The zero-order chi connectivity index (χ0) is 25.3. The molecule has 0 aliphatic heterocycles. The number of carbonyl (C=O) groups excluding carboxylic acids is 1. The second-order valence-electron chi connectivity index (χ2n) is 8.77. The number of hydrogen-bond donors (Lipinski definition) is 1. The number of para-hydroxylation sites is 1. The van der Waals surface area contributed by atoms with Crippen LogP contribution in [0.5, 0.6) is 5.75 Å². The molecule has 0 spiro atoms. The molecule has 0 bridgehead atoms. The van der Waals surface area contributed by atoms with Crippen LogP contribution in [0.2, 0.25) is 5.02 Å². The molecule has 35 heavy (non-hydrogen) atoms. The van der Waals surface area contributed by atoms with Crippen molar-refractivity contribution in [2.45, 2.75) is 13.8 Å². The molecule has 182 valence electrons. The molecule has 0 aliphatic carbocycles. The summed E-state index contributed by atoms with van der Waals surface area (Å²) in [5, 5.41) is 4.03. The molecule has 0 radical (unpaired) electrons. The van der Waals surface area contributed by atoms with E-state index in [-0.39, 0.29) is 12.5 Å².